The van der Waals surface area contributed by atoms with Crippen molar-refractivity contribution in [2.75, 3.05) is 10.2 Å². The first-order valence-corrected chi connectivity index (χ1v) is 17.1. The molecule has 2 heteroatoms. The number of rotatable bonds is 6. The number of hydrogen-bond acceptors (Lipinski definition) is 2. The Morgan fingerprint density at radius 1 is 0.717 bits per heavy atom. The summed E-state index contributed by atoms with van der Waals surface area (Å²) >= 11 is 0. The molecule has 3 atom stereocenters. The van der Waals surface area contributed by atoms with Gasteiger partial charge in [0, 0.05) is 23.1 Å². The fourth-order valence-corrected chi connectivity index (χ4v) is 7.85. The molecule has 0 bridgehead atoms. The average molecular weight is 603 g/mol. The van der Waals surface area contributed by atoms with Gasteiger partial charge in [0.05, 0.1) is 23.1 Å². The summed E-state index contributed by atoms with van der Waals surface area (Å²) in [6.45, 7) is 21.2. The maximum absolute atomic E-state index is 4.98. The van der Waals surface area contributed by atoms with E-state index < -0.39 is 0 Å². The molecule has 1 N–H and O–H groups in total. The van der Waals surface area contributed by atoms with E-state index in [1.165, 1.54) is 55.8 Å². The van der Waals surface area contributed by atoms with Gasteiger partial charge in [0.2, 0.25) is 0 Å². The number of nitrogens with zero attached hydrogens (tertiary/aromatic N) is 1. The van der Waals surface area contributed by atoms with Crippen LogP contribution in [0, 0.1) is 5.92 Å². The largest absolute Gasteiger partial charge is 0.377 e. The number of fused-ring (bicyclic) bond motifs is 5. The number of anilines is 3. The van der Waals surface area contributed by atoms with Crippen molar-refractivity contribution in [3.8, 4) is 11.1 Å². The molecular formula is C44H46N2. The molecule has 0 radical (unpaired) electrons. The van der Waals surface area contributed by atoms with Crippen LogP contribution in [0.15, 0.2) is 116 Å². The van der Waals surface area contributed by atoms with Crippen LogP contribution in [-0.2, 0) is 0 Å². The summed E-state index contributed by atoms with van der Waals surface area (Å²) in [5.74, 6) is 1.25. The van der Waals surface area contributed by atoms with E-state index in [2.05, 4.69) is 155 Å². The molecule has 2 nitrogen and oxygen atoms in total. The van der Waals surface area contributed by atoms with Crippen LogP contribution < -0.4 is 10.2 Å². The molecule has 0 saturated heterocycles. The maximum atomic E-state index is 4.98. The minimum Gasteiger partial charge on any atom is -0.377 e. The number of benzene rings is 4. The van der Waals surface area contributed by atoms with Crippen molar-refractivity contribution < 1.29 is 0 Å². The van der Waals surface area contributed by atoms with Gasteiger partial charge in [-0.3, -0.25) is 0 Å². The monoisotopic (exact) mass is 602 g/mol. The summed E-state index contributed by atoms with van der Waals surface area (Å²) in [6, 6.07) is 29.5. The van der Waals surface area contributed by atoms with E-state index >= 15 is 0 Å². The van der Waals surface area contributed by atoms with Crippen LogP contribution in [0.3, 0.4) is 0 Å². The molecule has 0 spiro atoms. The lowest BCUT2D eigenvalue weighted by Crippen LogP contribution is -2.26. The molecule has 0 aromatic heterocycles. The first-order valence-electron chi connectivity index (χ1n) is 17.1. The smallest absolute Gasteiger partial charge is 0.0693 e. The van der Waals surface area contributed by atoms with E-state index in [1.54, 1.807) is 0 Å². The van der Waals surface area contributed by atoms with E-state index in [0.29, 0.717) is 23.7 Å². The van der Waals surface area contributed by atoms with E-state index in [4.69, 9.17) is 6.58 Å². The second-order valence-corrected chi connectivity index (χ2v) is 13.8. The molecule has 7 rings (SSSR count). The van der Waals surface area contributed by atoms with Crippen molar-refractivity contribution in [3.63, 3.8) is 0 Å². The lowest BCUT2D eigenvalue weighted by atomic mass is 9.84. The first kappa shape index (κ1) is 30.1. The third-order valence-corrected chi connectivity index (χ3v) is 10.2. The molecule has 3 unspecified atom stereocenters. The highest BCUT2D eigenvalue weighted by Crippen LogP contribution is 2.53. The van der Waals surface area contributed by atoms with Crippen LogP contribution in [0.1, 0.15) is 105 Å². The van der Waals surface area contributed by atoms with Crippen LogP contribution in [0.2, 0.25) is 0 Å². The molecule has 0 amide bonds. The molecule has 2 aliphatic carbocycles. The predicted molar refractivity (Wildman–Crippen MR) is 199 cm³/mol. The highest BCUT2D eigenvalue weighted by atomic mass is 15.2. The van der Waals surface area contributed by atoms with Crippen molar-refractivity contribution in [3.05, 3.63) is 150 Å². The topological polar surface area (TPSA) is 15.3 Å². The van der Waals surface area contributed by atoms with Crippen molar-refractivity contribution >= 4 is 28.3 Å². The zero-order valence-electron chi connectivity index (χ0n) is 28.0. The lowest BCUT2D eigenvalue weighted by molar-refractivity contribution is 0.674. The lowest BCUT2D eigenvalue weighted by Gasteiger charge is -2.39. The predicted octanol–water partition coefficient (Wildman–Crippen LogP) is 12.5. The summed E-state index contributed by atoms with van der Waals surface area (Å²) in [6.07, 6.45) is 11.2. The van der Waals surface area contributed by atoms with Crippen LogP contribution >= 0.6 is 0 Å². The Kier molecular flexibility index (Phi) is 7.85. The first-order chi connectivity index (χ1) is 22.3. The van der Waals surface area contributed by atoms with Crippen LogP contribution in [-0.4, -0.2) is 0 Å². The van der Waals surface area contributed by atoms with Crippen LogP contribution in [0.4, 0.5) is 17.1 Å². The number of allylic oxidation sites excluding steroid dienone is 5. The minimum absolute atomic E-state index is 0.168. The van der Waals surface area contributed by atoms with Crippen LogP contribution in [0.5, 0.6) is 0 Å². The zero-order chi connectivity index (χ0) is 32.1. The second-order valence-electron chi connectivity index (χ2n) is 13.8. The Hall–Kier alpha value is -4.56. The second kappa shape index (κ2) is 12.0. The summed E-state index contributed by atoms with van der Waals surface area (Å²) in [5, 5.41) is 4.04. The van der Waals surface area contributed by atoms with Crippen molar-refractivity contribution in [2.45, 2.75) is 71.3 Å². The average Bonchev–Trinajstić information content (AvgIpc) is 3.35. The standard InChI is InChI=1S/C44H46N2/c1-8-16-41-40-25-37-29(6)33-19-12-13-20-34(33)39(37)26-38(40)30(7)46(43-22-15-14-21-42(43)45-41)44-35(27(2)3)23-32(24-36(44)28(4)5)31-17-10-9-11-18-31/h9-15,17-28,33-34,41,45H,6-8,16H2,1-5H3. The molecule has 46 heavy (non-hydrogen) atoms. The normalized spacial score (nSPS) is 19.8. The number of para-hydroxylation sites is 2. The molecule has 232 valence electrons. The van der Waals surface area contributed by atoms with E-state index in [1.807, 2.05) is 0 Å². The number of nitrogens with one attached hydrogen (secondary N) is 1. The van der Waals surface area contributed by atoms with Gasteiger partial charge in [-0.1, -0.05) is 121 Å². The quantitative estimate of drug-likeness (QED) is 0.236. The SMILES string of the molecule is C=C1c2cc3c(cc2C2C=CC=CC12)C(=C)N(c1c(C(C)C)cc(-c2ccccc2)cc1C(C)C)c1ccccc1NC3CCC. The Morgan fingerprint density at radius 3 is 2.02 bits per heavy atom. The van der Waals surface area contributed by atoms with Crippen LogP contribution in [0.25, 0.3) is 22.4 Å². The third kappa shape index (κ3) is 4.96. The van der Waals surface area contributed by atoms with Gasteiger partial charge in [0.1, 0.15) is 0 Å². The van der Waals surface area contributed by atoms with Crippen molar-refractivity contribution in [1.29, 1.82) is 0 Å². The maximum Gasteiger partial charge on any atom is 0.0693 e. The fourth-order valence-electron chi connectivity index (χ4n) is 7.85. The van der Waals surface area contributed by atoms with Gasteiger partial charge in [-0.15, -0.1) is 0 Å². The molecule has 1 heterocycles. The molecule has 4 aromatic rings. The highest BCUT2D eigenvalue weighted by molar-refractivity contribution is 5.97. The fraction of sp³-hybridized carbons (Fsp3) is 0.273. The Morgan fingerprint density at radius 2 is 1.35 bits per heavy atom. The van der Waals surface area contributed by atoms with Gasteiger partial charge in [-0.2, -0.15) is 0 Å². The van der Waals surface area contributed by atoms with E-state index in [9.17, 15) is 0 Å². The molecule has 4 aromatic carbocycles. The molecular weight excluding hydrogens is 556 g/mol. The third-order valence-electron chi connectivity index (χ3n) is 10.2. The molecule has 0 saturated carbocycles. The number of hydrogen-bond donors (Lipinski definition) is 1. The molecule has 0 fully saturated rings. The van der Waals surface area contributed by atoms with Gasteiger partial charge in [-0.25, -0.2) is 0 Å². The molecule has 1 aliphatic heterocycles. The van der Waals surface area contributed by atoms with Gasteiger partial charge >= 0.3 is 0 Å². The van der Waals surface area contributed by atoms with Gasteiger partial charge < -0.3 is 10.2 Å². The Labute approximate surface area is 275 Å². The summed E-state index contributed by atoms with van der Waals surface area (Å²) in [7, 11) is 0. The summed E-state index contributed by atoms with van der Waals surface area (Å²) in [4.78, 5) is 2.48. The van der Waals surface area contributed by atoms with E-state index in [-0.39, 0.29) is 6.04 Å². The van der Waals surface area contributed by atoms with Crippen molar-refractivity contribution in [2.24, 2.45) is 5.92 Å². The molecule has 3 aliphatic rings. The van der Waals surface area contributed by atoms with Gasteiger partial charge in [0.15, 0.2) is 0 Å². The zero-order valence-corrected chi connectivity index (χ0v) is 28.0. The van der Waals surface area contributed by atoms with E-state index in [0.717, 1.165) is 29.9 Å². The summed E-state index contributed by atoms with van der Waals surface area (Å²) in [5.41, 5.74) is 16.2. The highest BCUT2D eigenvalue weighted by Gasteiger charge is 2.37. The van der Waals surface area contributed by atoms with Gasteiger partial charge in [-0.05, 0) is 99.2 Å². The minimum atomic E-state index is 0.168. The Balaban J connectivity index is 1.51. The summed E-state index contributed by atoms with van der Waals surface area (Å²) < 4.78 is 0. The van der Waals surface area contributed by atoms with Crippen molar-refractivity contribution in [1.82, 2.24) is 0 Å². The van der Waals surface area contributed by atoms with Gasteiger partial charge in [0.25, 0.3) is 0 Å². The Bertz CT molecular complexity index is 1860.